The fraction of sp³-hybridized carbons (Fsp3) is 0.412. The zero-order valence-electron chi connectivity index (χ0n) is 13.1. The number of nitrogens with one attached hydrogen (secondary N) is 2. The van der Waals surface area contributed by atoms with Gasteiger partial charge in [-0.3, -0.25) is 5.32 Å². The van der Waals surface area contributed by atoms with E-state index in [1.165, 1.54) is 29.9 Å². The number of hydrogen-bond donors (Lipinski definition) is 2. The molecule has 4 rings (SSSR count). The molecule has 1 aromatic carbocycles. The molecule has 0 saturated carbocycles. The highest BCUT2D eigenvalue weighted by Crippen LogP contribution is 2.36. The van der Waals surface area contributed by atoms with Gasteiger partial charge in [-0.05, 0) is 55.9 Å². The number of nitrogens with zero attached hydrogens (tertiary/aromatic N) is 1. The molecule has 2 N–H and O–H groups in total. The van der Waals surface area contributed by atoms with Gasteiger partial charge in [0, 0.05) is 15.5 Å². The number of urea groups is 1. The van der Waals surface area contributed by atoms with Crippen molar-refractivity contribution in [2.75, 3.05) is 11.1 Å². The van der Waals surface area contributed by atoms with E-state index < -0.39 is 0 Å². The fourth-order valence-corrected chi connectivity index (χ4v) is 5.36. The minimum absolute atomic E-state index is 0.161. The molecule has 24 heavy (non-hydrogen) atoms. The molecule has 0 fully saturated rings. The number of amides is 2. The van der Waals surface area contributed by atoms with Gasteiger partial charge in [0.05, 0.1) is 11.7 Å². The van der Waals surface area contributed by atoms with Crippen molar-refractivity contribution in [2.45, 2.75) is 43.0 Å². The van der Waals surface area contributed by atoms with Gasteiger partial charge in [-0.25, -0.2) is 14.2 Å². The molecule has 0 saturated heterocycles. The summed E-state index contributed by atoms with van der Waals surface area (Å²) in [4.78, 5) is 19.2. The predicted molar refractivity (Wildman–Crippen MR) is 95.4 cm³/mol. The molecular formula is C17H18FN3OS2. The second-order valence-corrected chi connectivity index (χ2v) is 8.29. The first-order valence-corrected chi connectivity index (χ1v) is 9.97. The van der Waals surface area contributed by atoms with Crippen LogP contribution >= 0.6 is 23.1 Å². The van der Waals surface area contributed by atoms with Crippen LogP contribution in [0.2, 0.25) is 0 Å². The van der Waals surface area contributed by atoms with E-state index in [1.54, 1.807) is 29.2 Å². The van der Waals surface area contributed by atoms with Crippen LogP contribution in [-0.4, -0.2) is 16.8 Å². The number of rotatable bonds is 2. The number of carbonyl (C=O) groups excluding carboxylic acids is 1. The lowest BCUT2D eigenvalue weighted by Crippen LogP contribution is -2.34. The number of anilines is 1. The Bertz CT molecular complexity index is 754. The van der Waals surface area contributed by atoms with Gasteiger partial charge < -0.3 is 5.32 Å². The van der Waals surface area contributed by atoms with Crippen LogP contribution in [0, 0.1) is 5.82 Å². The second kappa shape index (κ2) is 6.72. The van der Waals surface area contributed by atoms with Crippen LogP contribution < -0.4 is 10.6 Å². The monoisotopic (exact) mass is 363 g/mol. The SMILES string of the molecule is O=C(Nc1nc2c(s1)CCCC2)NC1CCSc2ccc(F)cc21. The van der Waals surface area contributed by atoms with Crippen molar-refractivity contribution in [2.24, 2.45) is 0 Å². The van der Waals surface area contributed by atoms with Gasteiger partial charge in [0.2, 0.25) is 0 Å². The molecule has 1 aromatic heterocycles. The summed E-state index contributed by atoms with van der Waals surface area (Å²) >= 11 is 3.27. The van der Waals surface area contributed by atoms with Crippen molar-refractivity contribution in [1.29, 1.82) is 0 Å². The molecule has 2 aliphatic rings. The first-order valence-electron chi connectivity index (χ1n) is 8.17. The molecule has 7 heteroatoms. The Labute approximate surface area is 148 Å². The number of hydrogen-bond acceptors (Lipinski definition) is 4. The Hall–Kier alpha value is -1.60. The number of aromatic nitrogens is 1. The molecule has 4 nitrogen and oxygen atoms in total. The van der Waals surface area contributed by atoms with Crippen molar-refractivity contribution < 1.29 is 9.18 Å². The second-order valence-electron chi connectivity index (χ2n) is 6.07. The van der Waals surface area contributed by atoms with E-state index in [1.807, 2.05) is 0 Å². The fourth-order valence-electron chi connectivity index (χ4n) is 3.21. The Morgan fingerprint density at radius 3 is 3.04 bits per heavy atom. The highest BCUT2D eigenvalue weighted by Gasteiger charge is 2.23. The van der Waals surface area contributed by atoms with Crippen LogP contribution in [0.25, 0.3) is 0 Å². The van der Waals surface area contributed by atoms with Gasteiger partial charge in [0.1, 0.15) is 5.82 Å². The van der Waals surface area contributed by atoms with Crippen LogP contribution in [-0.2, 0) is 12.8 Å². The van der Waals surface area contributed by atoms with Crippen molar-refractivity contribution in [1.82, 2.24) is 10.3 Å². The summed E-state index contributed by atoms with van der Waals surface area (Å²) in [5.41, 5.74) is 1.99. The lowest BCUT2D eigenvalue weighted by Gasteiger charge is -2.25. The molecule has 2 aromatic rings. The average molecular weight is 363 g/mol. The van der Waals surface area contributed by atoms with E-state index in [2.05, 4.69) is 15.6 Å². The molecule has 126 valence electrons. The van der Waals surface area contributed by atoms with Gasteiger partial charge in [0.15, 0.2) is 5.13 Å². The van der Waals surface area contributed by atoms with Gasteiger partial charge in [-0.1, -0.05) is 0 Å². The number of thioether (sulfide) groups is 1. The Kier molecular flexibility index (Phi) is 4.45. The molecule has 0 radical (unpaired) electrons. The first kappa shape index (κ1) is 15.9. The number of aryl methyl sites for hydroxylation is 2. The van der Waals surface area contributed by atoms with Crippen molar-refractivity contribution >= 4 is 34.3 Å². The summed E-state index contributed by atoms with van der Waals surface area (Å²) in [7, 11) is 0. The summed E-state index contributed by atoms with van der Waals surface area (Å²) in [6, 6.07) is 4.35. The lowest BCUT2D eigenvalue weighted by molar-refractivity contribution is 0.248. The van der Waals surface area contributed by atoms with Crippen LogP contribution in [0.3, 0.4) is 0 Å². The summed E-state index contributed by atoms with van der Waals surface area (Å²) in [6.07, 6.45) is 5.22. The lowest BCUT2D eigenvalue weighted by atomic mass is 10.0. The number of benzene rings is 1. The highest BCUT2D eigenvalue weighted by molar-refractivity contribution is 7.99. The van der Waals surface area contributed by atoms with Crippen LogP contribution in [0.5, 0.6) is 0 Å². The third kappa shape index (κ3) is 3.28. The van der Waals surface area contributed by atoms with Crippen LogP contribution in [0.4, 0.5) is 14.3 Å². The molecule has 1 aliphatic carbocycles. The van der Waals surface area contributed by atoms with Gasteiger partial charge in [-0.2, -0.15) is 0 Å². The Morgan fingerprint density at radius 1 is 1.29 bits per heavy atom. The van der Waals surface area contributed by atoms with E-state index >= 15 is 0 Å². The van der Waals surface area contributed by atoms with E-state index in [4.69, 9.17) is 0 Å². The number of thiazole rings is 1. The molecule has 0 bridgehead atoms. The maximum Gasteiger partial charge on any atom is 0.321 e. The topological polar surface area (TPSA) is 54.0 Å². The summed E-state index contributed by atoms with van der Waals surface area (Å²) in [5, 5.41) is 6.47. The van der Waals surface area contributed by atoms with Crippen molar-refractivity contribution in [3.8, 4) is 0 Å². The summed E-state index contributed by atoms with van der Waals surface area (Å²) in [6.45, 7) is 0. The van der Waals surface area contributed by atoms with Gasteiger partial charge >= 0.3 is 6.03 Å². The molecule has 1 unspecified atom stereocenters. The van der Waals surface area contributed by atoms with Gasteiger partial charge in [0.25, 0.3) is 0 Å². The number of carbonyl (C=O) groups is 1. The maximum absolute atomic E-state index is 13.5. The summed E-state index contributed by atoms with van der Waals surface area (Å²) < 4.78 is 13.5. The molecule has 1 aliphatic heterocycles. The normalized spacial score (nSPS) is 19.3. The van der Waals surface area contributed by atoms with Crippen LogP contribution in [0.1, 0.15) is 41.4 Å². The summed E-state index contributed by atoms with van der Waals surface area (Å²) in [5.74, 6) is 0.644. The van der Waals surface area contributed by atoms with Crippen LogP contribution in [0.15, 0.2) is 23.1 Å². The molecule has 2 amide bonds. The highest BCUT2D eigenvalue weighted by atomic mass is 32.2. The molecule has 1 atom stereocenters. The standard InChI is InChI=1S/C17H18FN3OS2/c18-10-5-6-14-11(9-10)12(7-8-23-14)19-16(22)21-17-20-13-3-1-2-4-15(13)24-17/h5-6,9,12H,1-4,7-8H2,(H2,19,20,21,22). The van der Waals surface area contributed by atoms with E-state index in [-0.39, 0.29) is 17.9 Å². The molecule has 2 heterocycles. The first-order chi connectivity index (χ1) is 11.7. The number of fused-ring (bicyclic) bond motifs is 2. The van der Waals surface area contributed by atoms with Crippen molar-refractivity contribution in [3.63, 3.8) is 0 Å². The van der Waals surface area contributed by atoms with Gasteiger partial charge in [-0.15, -0.1) is 23.1 Å². The van der Waals surface area contributed by atoms with E-state index in [9.17, 15) is 9.18 Å². The zero-order valence-corrected chi connectivity index (χ0v) is 14.7. The molecule has 0 spiro atoms. The zero-order chi connectivity index (χ0) is 16.5. The quantitative estimate of drug-likeness (QED) is 0.825. The third-order valence-corrected chi connectivity index (χ3v) is 6.58. The minimum atomic E-state index is -0.270. The Balaban J connectivity index is 1.45. The van der Waals surface area contributed by atoms with Crippen molar-refractivity contribution in [3.05, 3.63) is 40.2 Å². The average Bonchev–Trinajstić information content (AvgIpc) is 2.97. The maximum atomic E-state index is 13.5. The number of halogens is 1. The predicted octanol–water partition coefficient (Wildman–Crippen LogP) is 4.52. The van der Waals surface area contributed by atoms with E-state index in [0.29, 0.717) is 5.13 Å². The largest absolute Gasteiger partial charge is 0.331 e. The smallest absolute Gasteiger partial charge is 0.321 e. The third-order valence-electron chi connectivity index (χ3n) is 4.38. The van der Waals surface area contributed by atoms with E-state index in [0.717, 1.165) is 41.2 Å². The Morgan fingerprint density at radius 2 is 2.17 bits per heavy atom. The molecular weight excluding hydrogens is 345 g/mol. The minimum Gasteiger partial charge on any atom is -0.331 e.